The van der Waals surface area contributed by atoms with Crippen LogP contribution < -0.4 is 0 Å². The van der Waals surface area contributed by atoms with Gasteiger partial charge in [-0.2, -0.15) is 0 Å². The van der Waals surface area contributed by atoms with E-state index in [2.05, 4.69) is 38.7 Å². The van der Waals surface area contributed by atoms with E-state index >= 15 is 0 Å². The molecule has 0 fully saturated rings. The van der Waals surface area contributed by atoms with Crippen molar-refractivity contribution >= 4 is 0 Å². The van der Waals surface area contributed by atoms with Gasteiger partial charge in [0.25, 0.3) is 0 Å². The summed E-state index contributed by atoms with van der Waals surface area (Å²) < 4.78 is 0. The highest BCUT2D eigenvalue weighted by molar-refractivity contribution is 5.32. The van der Waals surface area contributed by atoms with Gasteiger partial charge in [-0.05, 0) is 17.5 Å². The van der Waals surface area contributed by atoms with Crippen molar-refractivity contribution in [3.05, 3.63) is 35.5 Å². The summed E-state index contributed by atoms with van der Waals surface area (Å²) >= 11 is 0. The maximum atomic E-state index is 4.36. The van der Waals surface area contributed by atoms with Crippen molar-refractivity contribution in [3.8, 4) is 0 Å². The minimum absolute atomic E-state index is 0.559. The quantitative estimate of drug-likeness (QED) is 0.651. The third kappa shape index (κ3) is 1.84. The SMILES string of the molecule is C[C](C)c1ncccc1C(C)C. The molecule has 1 aromatic rings. The van der Waals surface area contributed by atoms with Crippen molar-refractivity contribution in [3.63, 3.8) is 0 Å². The Morgan fingerprint density at radius 3 is 2.42 bits per heavy atom. The monoisotopic (exact) mass is 162 g/mol. The Morgan fingerprint density at radius 1 is 1.33 bits per heavy atom. The summed E-state index contributed by atoms with van der Waals surface area (Å²) in [4.78, 5) is 4.36. The smallest absolute Gasteiger partial charge is 0.0503 e. The summed E-state index contributed by atoms with van der Waals surface area (Å²) in [6, 6.07) is 4.15. The number of rotatable bonds is 2. The fourth-order valence-corrected chi connectivity index (χ4v) is 1.30. The van der Waals surface area contributed by atoms with Crippen LogP contribution in [-0.2, 0) is 0 Å². The summed E-state index contributed by atoms with van der Waals surface area (Å²) in [6.07, 6.45) is 1.86. The lowest BCUT2D eigenvalue weighted by Crippen LogP contribution is -2.01. The lowest BCUT2D eigenvalue weighted by Gasteiger charge is -2.12. The fourth-order valence-electron chi connectivity index (χ4n) is 1.30. The molecule has 0 bridgehead atoms. The Labute approximate surface area is 74.8 Å². The van der Waals surface area contributed by atoms with E-state index in [9.17, 15) is 0 Å². The normalized spacial score (nSPS) is 11.2. The topological polar surface area (TPSA) is 12.9 Å². The molecule has 0 aromatic carbocycles. The molecule has 1 rings (SSSR count). The Kier molecular flexibility index (Phi) is 2.85. The van der Waals surface area contributed by atoms with Gasteiger partial charge < -0.3 is 0 Å². The molecule has 0 aliphatic carbocycles. The van der Waals surface area contributed by atoms with Crippen molar-refractivity contribution < 1.29 is 0 Å². The first-order valence-electron chi connectivity index (χ1n) is 4.38. The third-order valence-electron chi connectivity index (χ3n) is 1.93. The maximum absolute atomic E-state index is 4.36. The fraction of sp³-hybridized carbons (Fsp3) is 0.455. The minimum atomic E-state index is 0.559. The van der Waals surface area contributed by atoms with Crippen LogP contribution in [-0.4, -0.2) is 4.98 Å². The van der Waals surface area contributed by atoms with Crippen molar-refractivity contribution in [1.82, 2.24) is 4.98 Å². The molecule has 65 valence electrons. The largest absolute Gasteiger partial charge is 0.260 e. The molecule has 1 nitrogen and oxygen atoms in total. The van der Waals surface area contributed by atoms with Crippen LogP contribution in [0.4, 0.5) is 0 Å². The lowest BCUT2D eigenvalue weighted by molar-refractivity contribution is 0.832. The van der Waals surface area contributed by atoms with Gasteiger partial charge in [-0.25, -0.2) is 0 Å². The van der Waals surface area contributed by atoms with Gasteiger partial charge in [-0.1, -0.05) is 33.8 Å². The van der Waals surface area contributed by atoms with Crippen molar-refractivity contribution in [2.24, 2.45) is 0 Å². The van der Waals surface area contributed by atoms with E-state index in [1.54, 1.807) is 0 Å². The molecule has 0 aliphatic rings. The van der Waals surface area contributed by atoms with Crippen LogP contribution in [0.5, 0.6) is 0 Å². The third-order valence-corrected chi connectivity index (χ3v) is 1.93. The first kappa shape index (κ1) is 9.24. The predicted molar refractivity (Wildman–Crippen MR) is 52.0 cm³/mol. The van der Waals surface area contributed by atoms with E-state index in [0.29, 0.717) is 5.92 Å². The molecule has 0 saturated heterocycles. The zero-order chi connectivity index (χ0) is 9.14. The standard InChI is InChI=1S/C11H16N/c1-8(2)10-6-5-7-12-11(10)9(3)4/h5-8H,1-4H3. The lowest BCUT2D eigenvalue weighted by atomic mass is 9.96. The highest BCUT2D eigenvalue weighted by Crippen LogP contribution is 2.22. The van der Waals surface area contributed by atoms with Gasteiger partial charge in [0.15, 0.2) is 0 Å². The summed E-state index contributed by atoms with van der Waals surface area (Å²) in [6.45, 7) is 8.61. The zero-order valence-electron chi connectivity index (χ0n) is 8.26. The highest BCUT2D eigenvalue weighted by atomic mass is 14.7. The molecule has 1 heteroatoms. The van der Waals surface area contributed by atoms with Gasteiger partial charge in [0.1, 0.15) is 0 Å². The van der Waals surface area contributed by atoms with Gasteiger partial charge >= 0.3 is 0 Å². The highest BCUT2D eigenvalue weighted by Gasteiger charge is 2.09. The second kappa shape index (κ2) is 3.70. The summed E-state index contributed by atoms with van der Waals surface area (Å²) in [5.41, 5.74) is 2.50. The number of hydrogen-bond acceptors (Lipinski definition) is 1. The van der Waals surface area contributed by atoms with Crippen LogP contribution in [0.2, 0.25) is 0 Å². The Hall–Kier alpha value is -0.850. The summed E-state index contributed by atoms with van der Waals surface area (Å²) in [5, 5.41) is 0. The molecule has 0 atom stereocenters. The molecular formula is C11H16N. The van der Waals surface area contributed by atoms with E-state index in [0.717, 1.165) is 5.69 Å². The molecule has 0 amide bonds. The van der Waals surface area contributed by atoms with E-state index in [-0.39, 0.29) is 0 Å². The van der Waals surface area contributed by atoms with Crippen molar-refractivity contribution in [2.75, 3.05) is 0 Å². The Morgan fingerprint density at radius 2 is 2.00 bits per heavy atom. The molecule has 0 spiro atoms. The Bertz CT molecular complexity index is 224. The maximum Gasteiger partial charge on any atom is 0.0503 e. The van der Waals surface area contributed by atoms with Crippen LogP contribution in [0.25, 0.3) is 0 Å². The van der Waals surface area contributed by atoms with Crippen molar-refractivity contribution in [2.45, 2.75) is 33.6 Å². The van der Waals surface area contributed by atoms with Crippen molar-refractivity contribution in [1.29, 1.82) is 0 Å². The first-order chi connectivity index (χ1) is 5.63. The van der Waals surface area contributed by atoms with Crippen LogP contribution >= 0.6 is 0 Å². The molecule has 1 heterocycles. The van der Waals surface area contributed by atoms with Crippen LogP contribution in [0.3, 0.4) is 0 Å². The number of aromatic nitrogens is 1. The molecule has 0 unspecified atom stereocenters. The minimum Gasteiger partial charge on any atom is -0.260 e. The van der Waals surface area contributed by atoms with Crippen LogP contribution in [0.1, 0.15) is 44.9 Å². The molecule has 0 aliphatic heterocycles. The number of nitrogens with zero attached hydrogens (tertiary/aromatic N) is 1. The van der Waals surface area contributed by atoms with E-state index in [1.165, 1.54) is 11.5 Å². The van der Waals surface area contributed by atoms with E-state index < -0.39 is 0 Å². The van der Waals surface area contributed by atoms with Crippen LogP contribution in [0, 0.1) is 5.92 Å². The van der Waals surface area contributed by atoms with E-state index in [1.807, 2.05) is 12.3 Å². The number of pyridine rings is 1. The van der Waals surface area contributed by atoms with Gasteiger partial charge in [0.05, 0.1) is 5.69 Å². The second-order valence-corrected chi connectivity index (χ2v) is 3.60. The van der Waals surface area contributed by atoms with Gasteiger partial charge in [-0.15, -0.1) is 0 Å². The molecular weight excluding hydrogens is 146 g/mol. The molecule has 1 aromatic heterocycles. The van der Waals surface area contributed by atoms with Gasteiger partial charge in [0, 0.05) is 12.1 Å². The van der Waals surface area contributed by atoms with Gasteiger partial charge in [0.2, 0.25) is 0 Å². The first-order valence-corrected chi connectivity index (χ1v) is 4.38. The average molecular weight is 162 g/mol. The van der Waals surface area contributed by atoms with E-state index in [4.69, 9.17) is 0 Å². The van der Waals surface area contributed by atoms with Gasteiger partial charge in [-0.3, -0.25) is 4.98 Å². The second-order valence-electron chi connectivity index (χ2n) is 3.60. The summed E-state index contributed by atoms with van der Waals surface area (Å²) in [5.74, 6) is 1.85. The molecule has 0 N–H and O–H groups in total. The average Bonchev–Trinajstić information content (AvgIpc) is 2.04. The molecule has 1 radical (unpaired) electrons. The van der Waals surface area contributed by atoms with Crippen LogP contribution in [0.15, 0.2) is 18.3 Å². The summed E-state index contributed by atoms with van der Waals surface area (Å²) in [7, 11) is 0. The Balaban J connectivity index is 3.09. The molecule has 12 heavy (non-hydrogen) atoms. The molecule has 0 saturated carbocycles. The zero-order valence-corrected chi connectivity index (χ0v) is 8.26. The number of hydrogen-bond donors (Lipinski definition) is 0. The predicted octanol–water partition coefficient (Wildman–Crippen LogP) is 3.17.